The average molecular weight is 782 g/mol. The summed E-state index contributed by atoms with van der Waals surface area (Å²) in [7, 11) is 0. The molecule has 0 amide bonds. The first-order chi connectivity index (χ1) is 26.4. The number of carbonyl (C=O) groups is 2. The van der Waals surface area contributed by atoms with Gasteiger partial charge in [-0.25, -0.2) is 9.59 Å². The lowest BCUT2D eigenvalue weighted by molar-refractivity contribution is -0.175. The maximum Gasteiger partial charge on any atom is 0.418 e. The lowest BCUT2D eigenvalue weighted by Gasteiger charge is -2.21. The summed E-state index contributed by atoms with van der Waals surface area (Å²) in [4.78, 5) is 26.4. The molecule has 4 aromatic rings. The first-order valence-electron chi connectivity index (χ1n) is 18.4. The molecule has 0 fully saturated rings. The van der Waals surface area contributed by atoms with Crippen LogP contribution in [0.5, 0.6) is 23.0 Å². The Balaban J connectivity index is 1.25. The number of ether oxygens (including phenoxy) is 6. The van der Waals surface area contributed by atoms with Crippen molar-refractivity contribution < 1.29 is 38.0 Å². The Morgan fingerprint density at radius 2 is 0.870 bits per heavy atom. The van der Waals surface area contributed by atoms with Crippen LogP contribution in [0.1, 0.15) is 62.9 Å². The molecule has 54 heavy (non-hydrogen) atoms. The fourth-order valence-electron chi connectivity index (χ4n) is 5.53. The molecule has 2 atom stereocenters. The summed E-state index contributed by atoms with van der Waals surface area (Å²) in [5, 5.41) is 7.81. The van der Waals surface area contributed by atoms with Crippen LogP contribution in [0.25, 0.3) is 0 Å². The van der Waals surface area contributed by atoms with Gasteiger partial charge in [0.1, 0.15) is 25.4 Å². The molecule has 0 aliphatic rings. The van der Waals surface area contributed by atoms with Gasteiger partial charge in [-0.2, -0.15) is 0 Å². The predicted octanol–water partition coefficient (Wildman–Crippen LogP) is 8.56. The first kappa shape index (κ1) is 42.3. The molecular formula is C42H50Cl2N2O8. The summed E-state index contributed by atoms with van der Waals surface area (Å²) < 4.78 is 34.5. The molecule has 12 heteroatoms. The van der Waals surface area contributed by atoms with E-state index in [1.165, 1.54) is 0 Å². The van der Waals surface area contributed by atoms with Gasteiger partial charge in [0.25, 0.3) is 0 Å². The van der Waals surface area contributed by atoms with Crippen molar-refractivity contribution in [1.29, 1.82) is 0 Å². The maximum atomic E-state index is 13.2. The Labute approximate surface area is 328 Å². The molecule has 2 unspecified atom stereocenters. The highest BCUT2D eigenvalue weighted by atomic mass is 35.5. The van der Waals surface area contributed by atoms with E-state index >= 15 is 0 Å². The number of benzene rings is 4. The summed E-state index contributed by atoms with van der Waals surface area (Å²) in [6.07, 6.45) is 0.897. The maximum absolute atomic E-state index is 13.2. The highest BCUT2D eigenvalue weighted by Crippen LogP contribution is 2.29. The Morgan fingerprint density at radius 1 is 0.519 bits per heavy atom. The molecule has 0 radical (unpaired) electrons. The normalized spacial score (nSPS) is 12.0. The monoisotopic (exact) mass is 780 g/mol. The molecule has 0 spiro atoms. The van der Waals surface area contributed by atoms with Gasteiger partial charge in [0.15, 0.2) is 23.0 Å². The second-order valence-electron chi connectivity index (χ2n) is 12.1. The van der Waals surface area contributed by atoms with Crippen LogP contribution < -0.4 is 29.6 Å². The zero-order valence-electron chi connectivity index (χ0n) is 30.9. The molecule has 0 aromatic heterocycles. The van der Waals surface area contributed by atoms with E-state index in [2.05, 4.69) is 10.6 Å². The van der Waals surface area contributed by atoms with Crippen molar-refractivity contribution in [3.8, 4) is 23.0 Å². The van der Waals surface area contributed by atoms with Crippen molar-refractivity contribution in [2.24, 2.45) is 0 Å². The van der Waals surface area contributed by atoms with Crippen LogP contribution in [-0.2, 0) is 19.1 Å². The molecule has 4 aromatic carbocycles. The average Bonchev–Trinajstić information content (AvgIpc) is 3.18. The minimum Gasteiger partial charge on any atom is -0.490 e. The van der Waals surface area contributed by atoms with E-state index in [-0.39, 0.29) is 0 Å². The van der Waals surface area contributed by atoms with E-state index in [1.807, 2.05) is 62.4 Å². The summed E-state index contributed by atoms with van der Waals surface area (Å²) in [6.45, 7) is 8.38. The molecule has 0 bridgehead atoms. The Bertz CT molecular complexity index is 1570. The molecule has 0 aliphatic heterocycles. The standard InChI is InChI=1S/C42H50Cl2N2O8/c1-3-49-37-11-5-7-13-39(37)51-29-27-45-25-9-15-35(31-17-21-33(43)22-18-31)53-41(47)42(48)54-36(32-19-23-34(44)24-20-32)16-10-26-46-28-30-52-40-14-8-6-12-38(40)50-4-2/h5-8,11-14,17-24,35-36,45-46H,3-4,9-10,15-16,25-30H2,1-2H3. The fraction of sp³-hybridized carbons (Fsp3) is 0.381. The number of hydrogen-bond donors (Lipinski definition) is 2. The first-order valence-corrected chi connectivity index (χ1v) is 19.2. The van der Waals surface area contributed by atoms with Crippen molar-refractivity contribution in [3.63, 3.8) is 0 Å². The number of esters is 2. The van der Waals surface area contributed by atoms with Crippen LogP contribution in [0.3, 0.4) is 0 Å². The summed E-state index contributed by atoms with van der Waals surface area (Å²) in [5.41, 5.74) is 1.45. The number of para-hydroxylation sites is 4. The molecule has 0 saturated heterocycles. The van der Waals surface area contributed by atoms with Crippen molar-refractivity contribution in [3.05, 3.63) is 118 Å². The fourth-order valence-corrected chi connectivity index (χ4v) is 5.78. The van der Waals surface area contributed by atoms with Gasteiger partial charge in [-0.3, -0.25) is 0 Å². The third-order valence-electron chi connectivity index (χ3n) is 8.16. The van der Waals surface area contributed by atoms with Gasteiger partial charge in [-0.1, -0.05) is 71.7 Å². The van der Waals surface area contributed by atoms with Gasteiger partial charge >= 0.3 is 11.9 Å². The number of carbonyl (C=O) groups excluding carboxylic acids is 2. The molecule has 4 rings (SSSR count). The van der Waals surface area contributed by atoms with Gasteiger partial charge in [0, 0.05) is 23.1 Å². The van der Waals surface area contributed by atoms with Crippen LogP contribution in [0.2, 0.25) is 10.0 Å². The summed E-state index contributed by atoms with van der Waals surface area (Å²) >= 11 is 12.3. The molecule has 2 N–H and O–H groups in total. The van der Waals surface area contributed by atoms with Gasteiger partial charge in [0.05, 0.1) is 13.2 Å². The number of nitrogens with one attached hydrogen (secondary N) is 2. The van der Waals surface area contributed by atoms with E-state index < -0.39 is 24.1 Å². The van der Waals surface area contributed by atoms with Gasteiger partial charge < -0.3 is 39.1 Å². The Kier molecular flexibility index (Phi) is 18.8. The van der Waals surface area contributed by atoms with Crippen molar-refractivity contribution >= 4 is 35.1 Å². The summed E-state index contributed by atoms with van der Waals surface area (Å²) in [5.74, 6) is 0.677. The van der Waals surface area contributed by atoms with Crippen LogP contribution >= 0.6 is 23.2 Å². The molecular weight excluding hydrogens is 731 g/mol. The van der Waals surface area contributed by atoms with E-state index in [9.17, 15) is 9.59 Å². The van der Waals surface area contributed by atoms with Crippen LogP contribution in [-0.4, -0.2) is 64.5 Å². The smallest absolute Gasteiger partial charge is 0.418 e. The van der Waals surface area contributed by atoms with Crippen molar-refractivity contribution in [1.82, 2.24) is 10.6 Å². The van der Waals surface area contributed by atoms with Gasteiger partial charge in [-0.05, 0) is 112 Å². The second kappa shape index (κ2) is 24.0. The molecule has 10 nitrogen and oxygen atoms in total. The number of hydrogen-bond acceptors (Lipinski definition) is 10. The van der Waals surface area contributed by atoms with Crippen LogP contribution in [0.4, 0.5) is 0 Å². The Hall–Kier alpha value is -4.48. The lowest BCUT2D eigenvalue weighted by Crippen LogP contribution is -2.26. The number of rotatable bonds is 24. The lowest BCUT2D eigenvalue weighted by atomic mass is 10.0. The Morgan fingerprint density at radius 3 is 1.22 bits per heavy atom. The SMILES string of the molecule is CCOc1ccccc1OCCNCCCC(OC(=O)C(=O)OC(CCCNCCOc1ccccc1OCC)c1ccc(Cl)cc1)c1ccc(Cl)cc1. The van der Waals surface area contributed by atoms with E-state index in [1.54, 1.807) is 48.5 Å². The minimum absolute atomic E-state index is 0.453. The highest BCUT2D eigenvalue weighted by molar-refractivity contribution is 6.31. The van der Waals surface area contributed by atoms with E-state index in [0.29, 0.717) is 111 Å². The second-order valence-corrected chi connectivity index (χ2v) is 13.0. The highest BCUT2D eigenvalue weighted by Gasteiger charge is 2.27. The zero-order chi connectivity index (χ0) is 38.4. The third kappa shape index (κ3) is 14.7. The van der Waals surface area contributed by atoms with Gasteiger partial charge in [-0.15, -0.1) is 0 Å². The number of halogens is 2. The zero-order valence-corrected chi connectivity index (χ0v) is 32.4. The molecule has 0 aliphatic carbocycles. The van der Waals surface area contributed by atoms with Gasteiger partial charge in [0.2, 0.25) is 0 Å². The van der Waals surface area contributed by atoms with Crippen molar-refractivity contribution in [2.75, 3.05) is 52.6 Å². The molecule has 290 valence electrons. The summed E-state index contributed by atoms with van der Waals surface area (Å²) in [6, 6.07) is 29.2. The topological polar surface area (TPSA) is 114 Å². The van der Waals surface area contributed by atoms with E-state index in [4.69, 9.17) is 51.6 Å². The predicted molar refractivity (Wildman–Crippen MR) is 211 cm³/mol. The van der Waals surface area contributed by atoms with Crippen molar-refractivity contribution in [2.45, 2.75) is 51.7 Å². The van der Waals surface area contributed by atoms with E-state index in [0.717, 1.165) is 11.1 Å². The molecule has 0 saturated carbocycles. The quantitative estimate of drug-likeness (QED) is 0.0408. The minimum atomic E-state index is -1.06. The van der Waals surface area contributed by atoms with Crippen LogP contribution in [0, 0.1) is 0 Å². The third-order valence-corrected chi connectivity index (χ3v) is 8.66. The largest absolute Gasteiger partial charge is 0.490 e. The van der Waals surface area contributed by atoms with Crippen LogP contribution in [0.15, 0.2) is 97.1 Å². The molecule has 0 heterocycles.